The highest BCUT2D eigenvalue weighted by molar-refractivity contribution is 7.89. The minimum absolute atomic E-state index is 0.133. The van der Waals surface area contributed by atoms with E-state index >= 15 is 0 Å². The SMILES string of the molecule is CC[C@H](N[C@@H](C)c1ccc(S(N)(=O)=O)cc1)[C@H]1CCCO1. The molecule has 0 amide bonds. The second-order valence-corrected chi connectivity index (χ2v) is 7.13. The second kappa shape index (κ2) is 6.87. The maximum Gasteiger partial charge on any atom is 0.238 e. The number of hydrogen-bond donors (Lipinski definition) is 2. The third kappa shape index (κ3) is 4.26. The Morgan fingerprint density at radius 3 is 2.52 bits per heavy atom. The molecule has 0 bridgehead atoms. The Balaban J connectivity index is 2.03. The number of ether oxygens (including phenoxy) is 1. The largest absolute Gasteiger partial charge is 0.377 e. The van der Waals surface area contributed by atoms with Crippen molar-refractivity contribution in [2.24, 2.45) is 5.14 Å². The van der Waals surface area contributed by atoms with Crippen molar-refractivity contribution in [2.75, 3.05) is 6.61 Å². The number of benzene rings is 1. The fourth-order valence-electron chi connectivity index (χ4n) is 2.77. The Labute approximate surface area is 126 Å². The third-order valence-corrected chi connectivity index (χ3v) is 4.96. The van der Waals surface area contributed by atoms with Crippen LogP contribution in [0.3, 0.4) is 0 Å². The molecule has 5 nitrogen and oxygen atoms in total. The topological polar surface area (TPSA) is 81.4 Å². The fraction of sp³-hybridized carbons (Fsp3) is 0.600. The van der Waals surface area contributed by atoms with E-state index in [0.29, 0.717) is 6.04 Å². The van der Waals surface area contributed by atoms with Gasteiger partial charge in [-0.05, 0) is 43.9 Å². The molecule has 21 heavy (non-hydrogen) atoms. The monoisotopic (exact) mass is 312 g/mol. The molecule has 1 aromatic carbocycles. The van der Waals surface area contributed by atoms with Crippen LogP contribution in [0.15, 0.2) is 29.2 Å². The van der Waals surface area contributed by atoms with E-state index in [1.54, 1.807) is 24.3 Å². The molecule has 1 aliphatic rings. The first-order valence-corrected chi connectivity index (χ1v) is 8.97. The van der Waals surface area contributed by atoms with Gasteiger partial charge in [-0.25, -0.2) is 13.6 Å². The van der Waals surface area contributed by atoms with Crippen molar-refractivity contribution in [3.8, 4) is 0 Å². The summed E-state index contributed by atoms with van der Waals surface area (Å²) in [4.78, 5) is 0.143. The van der Waals surface area contributed by atoms with Gasteiger partial charge in [0.1, 0.15) is 0 Å². The Kier molecular flexibility index (Phi) is 5.37. The first kappa shape index (κ1) is 16.4. The van der Waals surface area contributed by atoms with Crippen molar-refractivity contribution < 1.29 is 13.2 Å². The van der Waals surface area contributed by atoms with E-state index < -0.39 is 10.0 Å². The van der Waals surface area contributed by atoms with Crippen molar-refractivity contribution in [3.63, 3.8) is 0 Å². The molecular weight excluding hydrogens is 288 g/mol. The highest BCUT2D eigenvalue weighted by Crippen LogP contribution is 2.22. The van der Waals surface area contributed by atoms with Crippen LogP contribution in [-0.2, 0) is 14.8 Å². The highest BCUT2D eigenvalue weighted by atomic mass is 32.2. The van der Waals surface area contributed by atoms with Crippen molar-refractivity contribution in [1.82, 2.24) is 5.32 Å². The lowest BCUT2D eigenvalue weighted by Gasteiger charge is -2.27. The van der Waals surface area contributed by atoms with Crippen LogP contribution in [0.4, 0.5) is 0 Å². The molecule has 1 fully saturated rings. The second-order valence-electron chi connectivity index (χ2n) is 5.57. The molecule has 0 radical (unpaired) electrons. The molecule has 1 saturated heterocycles. The number of primary sulfonamides is 1. The minimum atomic E-state index is -3.63. The molecule has 0 aromatic heterocycles. The molecule has 118 valence electrons. The van der Waals surface area contributed by atoms with E-state index in [9.17, 15) is 8.42 Å². The van der Waals surface area contributed by atoms with Gasteiger partial charge in [0, 0.05) is 18.7 Å². The standard InChI is InChI=1S/C15H24N2O3S/c1-3-14(15-5-4-10-20-15)17-11(2)12-6-8-13(9-7-12)21(16,18)19/h6-9,11,14-15,17H,3-5,10H2,1-2H3,(H2,16,18,19)/t11-,14-,15+/m0/s1. The van der Waals surface area contributed by atoms with Gasteiger partial charge in [-0.3, -0.25) is 0 Å². The molecule has 1 heterocycles. The van der Waals surface area contributed by atoms with Gasteiger partial charge in [-0.1, -0.05) is 19.1 Å². The Morgan fingerprint density at radius 1 is 1.38 bits per heavy atom. The van der Waals surface area contributed by atoms with E-state index in [4.69, 9.17) is 9.88 Å². The number of nitrogens with two attached hydrogens (primary N) is 1. The molecule has 3 atom stereocenters. The van der Waals surface area contributed by atoms with Crippen LogP contribution in [0.1, 0.15) is 44.7 Å². The van der Waals surface area contributed by atoms with Crippen LogP contribution < -0.4 is 10.5 Å². The summed E-state index contributed by atoms with van der Waals surface area (Å²) in [6.45, 7) is 5.07. The number of sulfonamides is 1. The van der Waals surface area contributed by atoms with Gasteiger partial charge in [0.05, 0.1) is 11.0 Å². The molecule has 1 aromatic rings. The average molecular weight is 312 g/mol. The molecule has 1 aliphatic heterocycles. The van der Waals surface area contributed by atoms with Gasteiger partial charge >= 0.3 is 0 Å². The zero-order valence-electron chi connectivity index (χ0n) is 12.6. The van der Waals surface area contributed by atoms with Crippen molar-refractivity contribution >= 4 is 10.0 Å². The molecule has 3 N–H and O–H groups in total. The molecule has 2 rings (SSSR count). The predicted molar refractivity (Wildman–Crippen MR) is 82.4 cm³/mol. The maximum atomic E-state index is 11.3. The number of hydrogen-bond acceptors (Lipinski definition) is 4. The van der Waals surface area contributed by atoms with Crippen molar-refractivity contribution in [1.29, 1.82) is 0 Å². The summed E-state index contributed by atoms with van der Waals surface area (Å²) in [7, 11) is -3.63. The molecular formula is C15H24N2O3S. The van der Waals surface area contributed by atoms with Crippen LogP contribution in [0.5, 0.6) is 0 Å². The van der Waals surface area contributed by atoms with Gasteiger partial charge in [-0.15, -0.1) is 0 Å². The first-order valence-electron chi connectivity index (χ1n) is 7.42. The van der Waals surface area contributed by atoms with E-state index in [2.05, 4.69) is 19.2 Å². The highest BCUT2D eigenvalue weighted by Gasteiger charge is 2.25. The molecule has 6 heteroatoms. The summed E-state index contributed by atoms with van der Waals surface area (Å²) < 4.78 is 28.3. The van der Waals surface area contributed by atoms with Gasteiger partial charge in [0.2, 0.25) is 10.0 Å². The lowest BCUT2D eigenvalue weighted by atomic mass is 10.0. The molecule has 0 saturated carbocycles. The average Bonchev–Trinajstić information content (AvgIpc) is 2.97. The summed E-state index contributed by atoms with van der Waals surface area (Å²) in [5.74, 6) is 0. The number of nitrogens with one attached hydrogen (secondary N) is 1. The predicted octanol–water partition coefficient (Wildman–Crippen LogP) is 1.94. The summed E-state index contributed by atoms with van der Waals surface area (Å²) in [6, 6.07) is 7.17. The van der Waals surface area contributed by atoms with Crippen LogP contribution in [-0.4, -0.2) is 27.2 Å². The van der Waals surface area contributed by atoms with E-state index in [1.807, 2.05) is 0 Å². The van der Waals surface area contributed by atoms with Crippen LogP contribution in [0, 0.1) is 0 Å². The van der Waals surface area contributed by atoms with E-state index in [-0.39, 0.29) is 17.0 Å². The van der Waals surface area contributed by atoms with Gasteiger partial charge in [0.25, 0.3) is 0 Å². The zero-order chi connectivity index (χ0) is 15.5. The third-order valence-electron chi connectivity index (χ3n) is 4.03. The Hall–Kier alpha value is -0.950. The van der Waals surface area contributed by atoms with Gasteiger partial charge in [0.15, 0.2) is 0 Å². The normalized spacial score (nSPS) is 22.1. The quantitative estimate of drug-likeness (QED) is 0.841. The summed E-state index contributed by atoms with van der Waals surface area (Å²) in [5.41, 5.74) is 1.04. The molecule has 0 spiro atoms. The summed E-state index contributed by atoms with van der Waals surface area (Å²) >= 11 is 0. The minimum Gasteiger partial charge on any atom is -0.377 e. The smallest absolute Gasteiger partial charge is 0.238 e. The lowest BCUT2D eigenvalue weighted by Crippen LogP contribution is -2.40. The summed E-state index contributed by atoms with van der Waals surface area (Å²) in [6.07, 6.45) is 3.51. The van der Waals surface area contributed by atoms with Crippen molar-refractivity contribution in [2.45, 2.75) is 56.2 Å². The first-order chi connectivity index (χ1) is 9.91. The lowest BCUT2D eigenvalue weighted by molar-refractivity contribution is 0.0735. The number of rotatable bonds is 6. The van der Waals surface area contributed by atoms with Gasteiger partial charge < -0.3 is 10.1 Å². The summed E-state index contributed by atoms with van der Waals surface area (Å²) in [5, 5.41) is 8.69. The van der Waals surface area contributed by atoms with Crippen molar-refractivity contribution in [3.05, 3.63) is 29.8 Å². The Bertz CT molecular complexity index is 551. The van der Waals surface area contributed by atoms with Crippen LogP contribution in [0.2, 0.25) is 0 Å². The van der Waals surface area contributed by atoms with E-state index in [1.165, 1.54) is 0 Å². The maximum absolute atomic E-state index is 11.3. The van der Waals surface area contributed by atoms with Gasteiger partial charge in [-0.2, -0.15) is 0 Å². The molecule has 0 aliphatic carbocycles. The van der Waals surface area contributed by atoms with E-state index in [0.717, 1.165) is 31.4 Å². The molecule has 0 unspecified atom stereocenters. The Morgan fingerprint density at radius 2 is 2.05 bits per heavy atom. The fourth-order valence-corrected chi connectivity index (χ4v) is 3.29. The van der Waals surface area contributed by atoms with Crippen LogP contribution >= 0.6 is 0 Å². The zero-order valence-corrected chi connectivity index (χ0v) is 13.4. The van der Waals surface area contributed by atoms with Crippen LogP contribution in [0.25, 0.3) is 0 Å².